The molecule has 0 aliphatic rings. The molecule has 4 rings (SSSR count). The van der Waals surface area contributed by atoms with Gasteiger partial charge >= 0.3 is 0 Å². The van der Waals surface area contributed by atoms with E-state index >= 15 is 0 Å². The Kier molecular flexibility index (Phi) is 5.06. The van der Waals surface area contributed by atoms with Crippen LogP contribution in [-0.4, -0.2) is 21.5 Å². The maximum absolute atomic E-state index is 12.9. The van der Waals surface area contributed by atoms with Gasteiger partial charge in [-0.25, -0.2) is 4.68 Å². The number of carbonyl (C=O) groups excluding carboxylic acids is 2. The highest BCUT2D eigenvalue weighted by molar-refractivity contribution is 7.12. The van der Waals surface area contributed by atoms with E-state index in [1.165, 1.54) is 16.0 Å². The van der Waals surface area contributed by atoms with E-state index in [1.807, 2.05) is 23.6 Å². The van der Waals surface area contributed by atoms with Crippen molar-refractivity contribution < 1.29 is 9.59 Å². The zero-order chi connectivity index (χ0) is 19.5. The van der Waals surface area contributed by atoms with E-state index in [4.69, 9.17) is 11.6 Å². The highest BCUT2D eigenvalue weighted by Gasteiger charge is 2.24. The summed E-state index contributed by atoms with van der Waals surface area (Å²) in [7, 11) is 0. The van der Waals surface area contributed by atoms with E-state index in [9.17, 15) is 9.59 Å². The van der Waals surface area contributed by atoms with Crippen LogP contribution in [0.2, 0.25) is 5.02 Å². The molecule has 2 aromatic heterocycles. The van der Waals surface area contributed by atoms with Crippen LogP contribution < -0.4 is 5.32 Å². The predicted octanol–water partition coefficient (Wildman–Crippen LogP) is 5.07. The minimum Gasteiger partial charge on any atom is -0.321 e. The number of nitrogens with one attached hydrogen (secondary N) is 1. The minimum atomic E-state index is -0.446. The van der Waals surface area contributed by atoms with Gasteiger partial charge in [0.15, 0.2) is 5.69 Å². The Morgan fingerprint density at radius 2 is 1.71 bits per heavy atom. The van der Waals surface area contributed by atoms with Crippen molar-refractivity contribution >= 4 is 40.3 Å². The lowest BCUT2D eigenvalue weighted by Gasteiger charge is -2.04. The third kappa shape index (κ3) is 3.74. The molecule has 0 aliphatic carbocycles. The number of hydrogen-bond acceptors (Lipinski definition) is 4. The second kappa shape index (κ2) is 7.80. The molecule has 0 spiro atoms. The third-order valence-corrected chi connectivity index (χ3v) is 5.16. The summed E-state index contributed by atoms with van der Waals surface area (Å²) in [6.07, 6.45) is 1.57. The Balaban J connectivity index is 1.75. The van der Waals surface area contributed by atoms with Gasteiger partial charge in [-0.15, -0.1) is 11.3 Å². The van der Waals surface area contributed by atoms with Crippen LogP contribution in [0.15, 0.2) is 78.3 Å². The minimum absolute atomic E-state index is 0.0669. The normalized spacial score (nSPS) is 10.6. The Bertz CT molecular complexity index is 1120. The van der Waals surface area contributed by atoms with Gasteiger partial charge in [0.05, 0.1) is 16.1 Å². The summed E-state index contributed by atoms with van der Waals surface area (Å²) in [5.74, 6) is -0.688. The fraction of sp³-hybridized carbons (Fsp3) is 0. The Morgan fingerprint density at radius 3 is 2.39 bits per heavy atom. The number of anilines is 1. The molecule has 138 valence electrons. The number of nitrogens with zero attached hydrogens (tertiary/aromatic N) is 2. The van der Waals surface area contributed by atoms with Crippen molar-refractivity contribution in [2.24, 2.45) is 0 Å². The molecule has 28 heavy (non-hydrogen) atoms. The maximum Gasteiger partial charge on any atom is 0.276 e. The highest BCUT2D eigenvalue weighted by atomic mass is 35.5. The zero-order valence-electron chi connectivity index (χ0n) is 14.5. The molecule has 7 heteroatoms. The van der Waals surface area contributed by atoms with Gasteiger partial charge in [0, 0.05) is 16.9 Å². The molecule has 1 N–H and O–H groups in total. The van der Waals surface area contributed by atoms with Gasteiger partial charge in [0.2, 0.25) is 5.78 Å². The number of rotatable bonds is 5. The maximum atomic E-state index is 12.9. The van der Waals surface area contributed by atoms with Crippen molar-refractivity contribution in [2.45, 2.75) is 0 Å². The standard InChI is InChI=1S/C21H14ClN3O2S/c22-14-8-10-16(11-9-14)25-13-17(20(26)18-7-4-12-28-18)19(24-25)21(27)23-15-5-2-1-3-6-15/h1-13H,(H,23,27). The molecule has 4 aromatic rings. The quantitative estimate of drug-likeness (QED) is 0.470. The first-order valence-electron chi connectivity index (χ1n) is 8.42. The molecule has 0 saturated carbocycles. The average Bonchev–Trinajstić information content (AvgIpc) is 3.39. The molecule has 5 nitrogen and oxygen atoms in total. The summed E-state index contributed by atoms with van der Waals surface area (Å²) in [5, 5.41) is 9.58. The number of benzene rings is 2. The predicted molar refractivity (Wildman–Crippen MR) is 111 cm³/mol. The molecule has 2 heterocycles. The molecule has 0 atom stereocenters. The number of ketones is 1. The Labute approximate surface area is 170 Å². The molecule has 0 fully saturated rings. The van der Waals surface area contributed by atoms with Crippen LogP contribution in [0, 0.1) is 0 Å². The van der Waals surface area contributed by atoms with Crippen LogP contribution in [0.5, 0.6) is 0 Å². The lowest BCUT2D eigenvalue weighted by Crippen LogP contribution is -2.16. The zero-order valence-corrected chi connectivity index (χ0v) is 16.1. The van der Waals surface area contributed by atoms with Crippen molar-refractivity contribution in [1.29, 1.82) is 0 Å². The number of thiophene rings is 1. The molecular formula is C21H14ClN3O2S. The van der Waals surface area contributed by atoms with Gasteiger partial charge in [0.25, 0.3) is 5.91 Å². The SMILES string of the molecule is O=C(c1cccs1)c1cn(-c2ccc(Cl)cc2)nc1C(=O)Nc1ccccc1. The number of carbonyl (C=O) groups is 2. The van der Waals surface area contributed by atoms with Gasteiger partial charge in [0.1, 0.15) is 0 Å². The van der Waals surface area contributed by atoms with E-state index in [0.717, 1.165) is 0 Å². The monoisotopic (exact) mass is 407 g/mol. The van der Waals surface area contributed by atoms with Crippen molar-refractivity contribution in [1.82, 2.24) is 9.78 Å². The Morgan fingerprint density at radius 1 is 0.964 bits per heavy atom. The molecule has 0 radical (unpaired) electrons. The smallest absolute Gasteiger partial charge is 0.276 e. The first-order valence-corrected chi connectivity index (χ1v) is 9.68. The largest absolute Gasteiger partial charge is 0.321 e. The molecule has 1 amide bonds. The summed E-state index contributed by atoms with van der Waals surface area (Å²) in [5.41, 5.74) is 1.63. The van der Waals surface area contributed by atoms with Crippen LogP contribution in [0.4, 0.5) is 5.69 Å². The lowest BCUT2D eigenvalue weighted by molar-refractivity contribution is 0.0995. The summed E-state index contributed by atoms with van der Waals surface area (Å²) < 4.78 is 1.51. The second-order valence-corrected chi connectivity index (χ2v) is 7.32. The lowest BCUT2D eigenvalue weighted by atomic mass is 10.1. The average molecular weight is 408 g/mol. The summed E-state index contributed by atoms with van der Waals surface area (Å²) in [6, 6.07) is 19.6. The number of para-hydroxylation sites is 1. The number of amides is 1. The van der Waals surface area contributed by atoms with Crippen molar-refractivity contribution in [3.05, 3.63) is 99.5 Å². The summed E-state index contributed by atoms with van der Waals surface area (Å²) in [4.78, 5) is 26.3. The molecule has 0 unspecified atom stereocenters. The van der Waals surface area contributed by atoms with Gasteiger partial charge < -0.3 is 5.32 Å². The first kappa shape index (κ1) is 18.2. The van der Waals surface area contributed by atoms with E-state index < -0.39 is 5.91 Å². The topological polar surface area (TPSA) is 64.0 Å². The van der Waals surface area contributed by atoms with Gasteiger partial charge in [-0.2, -0.15) is 5.10 Å². The van der Waals surface area contributed by atoms with Crippen LogP contribution in [0.3, 0.4) is 0 Å². The summed E-state index contributed by atoms with van der Waals surface area (Å²) in [6.45, 7) is 0. The van der Waals surface area contributed by atoms with Crippen LogP contribution >= 0.6 is 22.9 Å². The first-order chi connectivity index (χ1) is 13.6. The number of hydrogen-bond donors (Lipinski definition) is 1. The van der Waals surface area contributed by atoms with E-state index in [1.54, 1.807) is 54.7 Å². The fourth-order valence-electron chi connectivity index (χ4n) is 2.69. The van der Waals surface area contributed by atoms with Crippen LogP contribution in [0.1, 0.15) is 25.7 Å². The fourth-order valence-corrected chi connectivity index (χ4v) is 3.49. The van der Waals surface area contributed by atoms with Gasteiger partial charge in [-0.3, -0.25) is 9.59 Å². The van der Waals surface area contributed by atoms with Crippen molar-refractivity contribution in [3.63, 3.8) is 0 Å². The number of aromatic nitrogens is 2. The number of halogens is 1. The molecular weight excluding hydrogens is 394 g/mol. The van der Waals surface area contributed by atoms with Crippen molar-refractivity contribution in [3.8, 4) is 5.69 Å². The molecule has 0 saturated heterocycles. The van der Waals surface area contributed by atoms with Crippen molar-refractivity contribution in [2.75, 3.05) is 5.32 Å². The second-order valence-electron chi connectivity index (χ2n) is 5.94. The van der Waals surface area contributed by atoms with Gasteiger partial charge in [-0.05, 0) is 47.8 Å². The van der Waals surface area contributed by atoms with Crippen LogP contribution in [0.25, 0.3) is 5.69 Å². The molecule has 2 aromatic carbocycles. The van der Waals surface area contributed by atoms with Crippen LogP contribution in [-0.2, 0) is 0 Å². The van der Waals surface area contributed by atoms with Gasteiger partial charge in [-0.1, -0.05) is 35.9 Å². The summed E-state index contributed by atoms with van der Waals surface area (Å²) >= 11 is 7.27. The van der Waals surface area contributed by atoms with E-state index in [0.29, 0.717) is 21.3 Å². The molecule has 0 bridgehead atoms. The highest BCUT2D eigenvalue weighted by Crippen LogP contribution is 2.21. The Hall–Kier alpha value is -3.22. The molecule has 0 aliphatic heterocycles. The van der Waals surface area contributed by atoms with E-state index in [2.05, 4.69) is 10.4 Å². The third-order valence-electron chi connectivity index (χ3n) is 4.04. The van der Waals surface area contributed by atoms with E-state index in [-0.39, 0.29) is 17.0 Å².